The molecule has 0 bridgehead atoms. The third-order valence-corrected chi connectivity index (χ3v) is 6.79. The fraction of sp³-hybridized carbons (Fsp3) is 0.161. The minimum absolute atomic E-state index is 0.227. The molecule has 0 aliphatic carbocycles. The molecule has 0 amide bonds. The van der Waals surface area contributed by atoms with E-state index in [0.29, 0.717) is 5.82 Å². The molecule has 37 heavy (non-hydrogen) atoms. The number of nitrogens with zero attached hydrogens (tertiary/aromatic N) is 6. The molecule has 0 saturated carbocycles. The van der Waals surface area contributed by atoms with Crippen molar-refractivity contribution in [1.29, 1.82) is 0 Å². The summed E-state index contributed by atoms with van der Waals surface area (Å²) >= 11 is 0. The lowest BCUT2D eigenvalue weighted by Crippen LogP contribution is -2.48. The summed E-state index contributed by atoms with van der Waals surface area (Å²) in [5.74, 6) is 1.59. The van der Waals surface area contributed by atoms with Crippen LogP contribution in [0.15, 0.2) is 116 Å². The molecule has 2 aromatic carbocycles. The number of rotatable bonds is 6. The number of pyridine rings is 2. The second kappa shape index (κ2) is 10.7. The zero-order valence-electron chi connectivity index (χ0n) is 20.6. The first-order valence-electron chi connectivity index (χ1n) is 12.6. The lowest BCUT2D eigenvalue weighted by Gasteiger charge is -2.40. The van der Waals surface area contributed by atoms with Gasteiger partial charge in [0.05, 0.1) is 17.4 Å². The van der Waals surface area contributed by atoms with Crippen LogP contribution in [0.25, 0.3) is 22.8 Å². The van der Waals surface area contributed by atoms with Crippen LogP contribution >= 0.6 is 0 Å². The first kappa shape index (κ1) is 23.0. The summed E-state index contributed by atoms with van der Waals surface area (Å²) in [5, 5.41) is 0. The second-order valence-corrected chi connectivity index (χ2v) is 9.14. The Morgan fingerprint density at radius 2 is 1.32 bits per heavy atom. The number of aromatic nitrogens is 4. The van der Waals surface area contributed by atoms with Gasteiger partial charge >= 0.3 is 0 Å². The van der Waals surface area contributed by atoms with Gasteiger partial charge in [-0.1, -0.05) is 66.7 Å². The Hall–Kier alpha value is -4.42. The summed E-state index contributed by atoms with van der Waals surface area (Å²) in [7, 11) is 0. The molecule has 0 unspecified atom stereocenters. The summed E-state index contributed by atoms with van der Waals surface area (Å²) in [6.07, 6.45) is 5.37. The molecule has 3 aromatic heterocycles. The van der Waals surface area contributed by atoms with Crippen LogP contribution in [0.3, 0.4) is 0 Å². The van der Waals surface area contributed by atoms with Gasteiger partial charge in [0.25, 0.3) is 0 Å². The van der Waals surface area contributed by atoms with Crippen molar-refractivity contribution in [2.75, 3.05) is 31.1 Å². The van der Waals surface area contributed by atoms with E-state index in [9.17, 15) is 0 Å². The third kappa shape index (κ3) is 5.10. The Morgan fingerprint density at radius 1 is 0.622 bits per heavy atom. The Bertz CT molecular complexity index is 1320. The summed E-state index contributed by atoms with van der Waals surface area (Å²) in [4.78, 5) is 23.6. The van der Waals surface area contributed by atoms with Gasteiger partial charge in [-0.2, -0.15) is 0 Å². The van der Waals surface area contributed by atoms with Crippen molar-refractivity contribution in [3.05, 3.63) is 127 Å². The third-order valence-electron chi connectivity index (χ3n) is 6.79. The molecule has 5 aromatic rings. The lowest BCUT2D eigenvalue weighted by atomic mass is 9.96. The van der Waals surface area contributed by atoms with Gasteiger partial charge in [-0.15, -0.1) is 0 Å². The van der Waals surface area contributed by atoms with Crippen molar-refractivity contribution in [2.45, 2.75) is 6.04 Å². The normalized spacial score (nSPS) is 14.1. The van der Waals surface area contributed by atoms with Gasteiger partial charge in [-0.25, -0.2) is 9.97 Å². The zero-order chi connectivity index (χ0) is 24.9. The van der Waals surface area contributed by atoms with E-state index in [0.717, 1.165) is 48.9 Å². The van der Waals surface area contributed by atoms with Crippen LogP contribution < -0.4 is 4.90 Å². The highest BCUT2D eigenvalue weighted by Crippen LogP contribution is 2.31. The smallest absolute Gasteiger partial charge is 0.163 e. The van der Waals surface area contributed by atoms with Gasteiger partial charge in [0.15, 0.2) is 5.82 Å². The largest absolute Gasteiger partial charge is 0.354 e. The van der Waals surface area contributed by atoms with E-state index in [4.69, 9.17) is 9.97 Å². The highest BCUT2D eigenvalue weighted by Gasteiger charge is 2.27. The van der Waals surface area contributed by atoms with Gasteiger partial charge in [0.2, 0.25) is 0 Å². The van der Waals surface area contributed by atoms with E-state index in [1.807, 2.05) is 36.5 Å². The molecule has 1 fully saturated rings. The van der Waals surface area contributed by atoms with Gasteiger partial charge in [0, 0.05) is 56.4 Å². The monoisotopic (exact) mass is 484 g/mol. The second-order valence-electron chi connectivity index (χ2n) is 9.14. The van der Waals surface area contributed by atoms with Gasteiger partial charge in [-0.3, -0.25) is 14.9 Å². The Labute approximate surface area is 217 Å². The van der Waals surface area contributed by atoms with Crippen molar-refractivity contribution in [1.82, 2.24) is 24.8 Å². The van der Waals surface area contributed by atoms with Crippen LogP contribution in [0, 0.1) is 0 Å². The average Bonchev–Trinajstić information content (AvgIpc) is 2.99. The first-order valence-corrected chi connectivity index (χ1v) is 12.6. The van der Waals surface area contributed by atoms with Crippen molar-refractivity contribution < 1.29 is 0 Å². The average molecular weight is 485 g/mol. The molecule has 182 valence electrons. The van der Waals surface area contributed by atoms with Crippen LogP contribution in [-0.2, 0) is 0 Å². The number of anilines is 1. The molecule has 1 aliphatic heterocycles. The van der Waals surface area contributed by atoms with Crippen LogP contribution in [0.2, 0.25) is 0 Å². The lowest BCUT2D eigenvalue weighted by molar-refractivity contribution is 0.212. The summed E-state index contributed by atoms with van der Waals surface area (Å²) in [6.45, 7) is 3.61. The molecule has 6 heteroatoms. The predicted octanol–water partition coefficient (Wildman–Crippen LogP) is 5.51. The van der Waals surface area contributed by atoms with Gasteiger partial charge in [0.1, 0.15) is 5.82 Å². The standard InChI is InChI=1S/C31H28N6/c1-3-10-24(11-4-1)30(25-12-5-2-6-13-25)37-20-18-36(19-21-37)29-22-28(27-15-7-8-17-33-27)34-31(35-29)26-14-9-16-32-23-26/h1-17,22-23,30H,18-21H2. The van der Waals surface area contributed by atoms with Gasteiger partial charge in [-0.05, 0) is 35.4 Å². The molecule has 1 aliphatic rings. The minimum atomic E-state index is 0.227. The number of benzene rings is 2. The molecule has 6 nitrogen and oxygen atoms in total. The van der Waals surface area contributed by atoms with Crippen molar-refractivity contribution >= 4 is 5.82 Å². The predicted molar refractivity (Wildman–Crippen MR) is 147 cm³/mol. The molecule has 6 rings (SSSR count). The van der Waals surface area contributed by atoms with E-state index in [-0.39, 0.29) is 6.04 Å². The van der Waals surface area contributed by atoms with E-state index in [2.05, 4.69) is 86.5 Å². The number of piperazine rings is 1. The minimum Gasteiger partial charge on any atom is -0.354 e. The van der Waals surface area contributed by atoms with Crippen LogP contribution in [0.4, 0.5) is 5.82 Å². The topological polar surface area (TPSA) is 58.0 Å². The number of hydrogen-bond acceptors (Lipinski definition) is 6. The maximum atomic E-state index is 4.97. The highest BCUT2D eigenvalue weighted by atomic mass is 15.3. The van der Waals surface area contributed by atoms with Crippen molar-refractivity contribution in [2.24, 2.45) is 0 Å². The van der Waals surface area contributed by atoms with Gasteiger partial charge < -0.3 is 4.90 Å². The quantitative estimate of drug-likeness (QED) is 0.317. The molecule has 4 heterocycles. The molecule has 0 N–H and O–H groups in total. The Balaban J connectivity index is 1.29. The number of hydrogen-bond donors (Lipinski definition) is 0. The Kier molecular flexibility index (Phi) is 6.64. The Morgan fingerprint density at radius 3 is 1.95 bits per heavy atom. The molecular weight excluding hydrogens is 456 g/mol. The maximum Gasteiger partial charge on any atom is 0.163 e. The van der Waals surface area contributed by atoms with E-state index in [1.165, 1.54) is 11.1 Å². The van der Waals surface area contributed by atoms with Crippen molar-refractivity contribution in [3.63, 3.8) is 0 Å². The highest BCUT2D eigenvalue weighted by molar-refractivity contribution is 5.65. The van der Waals surface area contributed by atoms with Crippen LogP contribution in [-0.4, -0.2) is 51.0 Å². The van der Waals surface area contributed by atoms with Crippen molar-refractivity contribution in [3.8, 4) is 22.8 Å². The van der Waals surface area contributed by atoms with Crippen LogP contribution in [0.5, 0.6) is 0 Å². The molecular formula is C31H28N6. The fourth-order valence-electron chi connectivity index (χ4n) is 4.96. The van der Waals surface area contributed by atoms with E-state index >= 15 is 0 Å². The van der Waals surface area contributed by atoms with Crippen LogP contribution in [0.1, 0.15) is 17.2 Å². The fourth-order valence-corrected chi connectivity index (χ4v) is 4.96. The van der Waals surface area contributed by atoms with E-state index < -0.39 is 0 Å². The summed E-state index contributed by atoms with van der Waals surface area (Å²) < 4.78 is 0. The molecule has 0 atom stereocenters. The van der Waals surface area contributed by atoms with E-state index in [1.54, 1.807) is 12.4 Å². The maximum absolute atomic E-state index is 4.97. The zero-order valence-corrected chi connectivity index (χ0v) is 20.6. The SMILES string of the molecule is c1ccc(C(c2ccccc2)N2CCN(c3cc(-c4ccccn4)nc(-c4cccnc4)n3)CC2)cc1. The summed E-state index contributed by atoms with van der Waals surface area (Å²) in [5.41, 5.74) is 5.19. The molecule has 1 saturated heterocycles. The molecule has 0 radical (unpaired) electrons. The summed E-state index contributed by atoms with van der Waals surface area (Å²) in [6, 6.07) is 33.7. The first-order chi connectivity index (χ1) is 18.3. The molecule has 0 spiro atoms.